The molecule has 2 N–H and O–H groups in total. The number of nitrogens with zero attached hydrogens (tertiary/aromatic N) is 2. The molecule has 0 bridgehead atoms. The molecule has 0 unspecified atom stereocenters. The molecule has 35 heavy (non-hydrogen) atoms. The fourth-order valence-electron chi connectivity index (χ4n) is 4.09. The van der Waals surface area contributed by atoms with Crippen molar-refractivity contribution in [3.8, 4) is 11.3 Å². The van der Waals surface area contributed by atoms with Gasteiger partial charge in [0.05, 0.1) is 10.6 Å². The first-order chi connectivity index (χ1) is 16.9. The van der Waals surface area contributed by atoms with Gasteiger partial charge in [-0.1, -0.05) is 42.5 Å². The minimum absolute atomic E-state index is 0.0794. The number of rotatable bonds is 5. The molecule has 0 aliphatic carbocycles. The molecule has 0 saturated heterocycles. The van der Waals surface area contributed by atoms with Gasteiger partial charge in [-0.25, -0.2) is 13.5 Å². The van der Waals surface area contributed by atoms with Crippen LogP contribution in [0, 0.1) is 0 Å². The molecule has 0 saturated carbocycles. The Morgan fingerprint density at radius 1 is 0.914 bits per heavy atom. The fraction of sp³-hybridized carbons (Fsp3) is 0.115. The third-order valence-electron chi connectivity index (χ3n) is 5.92. The highest BCUT2D eigenvalue weighted by molar-refractivity contribution is 7.89. The Labute approximate surface area is 202 Å². The van der Waals surface area contributed by atoms with E-state index in [1.165, 1.54) is 22.5 Å². The number of aromatic nitrogens is 2. The zero-order chi connectivity index (χ0) is 24.4. The maximum absolute atomic E-state index is 13.3. The van der Waals surface area contributed by atoms with Gasteiger partial charge in [0.1, 0.15) is 0 Å². The van der Waals surface area contributed by atoms with Gasteiger partial charge in [-0.2, -0.15) is 9.40 Å². The van der Waals surface area contributed by atoms with E-state index in [-0.39, 0.29) is 16.0 Å². The maximum atomic E-state index is 13.3. The van der Waals surface area contributed by atoms with Crippen LogP contribution in [0.15, 0.2) is 94.6 Å². The Kier molecular flexibility index (Phi) is 6.02. The van der Waals surface area contributed by atoms with Crippen molar-refractivity contribution in [3.05, 3.63) is 112 Å². The Morgan fingerprint density at radius 2 is 1.71 bits per heavy atom. The van der Waals surface area contributed by atoms with Crippen molar-refractivity contribution in [1.82, 2.24) is 14.5 Å². The lowest BCUT2D eigenvalue weighted by Crippen LogP contribution is -2.36. The van der Waals surface area contributed by atoms with Crippen LogP contribution in [0.2, 0.25) is 0 Å². The van der Waals surface area contributed by atoms with Crippen LogP contribution in [-0.2, 0) is 23.0 Å². The van der Waals surface area contributed by atoms with E-state index in [0.29, 0.717) is 36.5 Å². The van der Waals surface area contributed by atoms with E-state index in [1.54, 1.807) is 42.5 Å². The molecule has 3 aromatic carbocycles. The average molecular weight is 487 g/mol. The fourth-order valence-corrected chi connectivity index (χ4v) is 5.55. The molecule has 176 valence electrons. The van der Waals surface area contributed by atoms with Crippen molar-refractivity contribution in [2.45, 2.75) is 17.9 Å². The zero-order valence-corrected chi connectivity index (χ0v) is 19.5. The van der Waals surface area contributed by atoms with E-state index in [1.807, 2.05) is 24.3 Å². The van der Waals surface area contributed by atoms with Crippen LogP contribution in [0.5, 0.6) is 0 Å². The number of H-pyrrole nitrogens is 1. The van der Waals surface area contributed by atoms with E-state index in [9.17, 15) is 18.0 Å². The largest absolute Gasteiger partial charge is 0.322 e. The summed E-state index contributed by atoms with van der Waals surface area (Å²) in [4.78, 5) is 24.3. The van der Waals surface area contributed by atoms with Gasteiger partial charge in [0.25, 0.3) is 11.5 Å². The maximum Gasteiger partial charge on any atom is 0.264 e. The van der Waals surface area contributed by atoms with Gasteiger partial charge in [0, 0.05) is 36.0 Å². The predicted molar refractivity (Wildman–Crippen MR) is 132 cm³/mol. The Morgan fingerprint density at radius 3 is 2.51 bits per heavy atom. The van der Waals surface area contributed by atoms with Gasteiger partial charge in [-0.3, -0.25) is 9.59 Å². The number of aromatic amines is 1. The zero-order valence-electron chi connectivity index (χ0n) is 18.6. The van der Waals surface area contributed by atoms with Gasteiger partial charge in [-0.15, -0.1) is 0 Å². The second-order valence-electron chi connectivity index (χ2n) is 8.23. The van der Waals surface area contributed by atoms with Crippen LogP contribution in [-0.4, -0.2) is 35.4 Å². The molecule has 0 atom stereocenters. The van der Waals surface area contributed by atoms with Gasteiger partial charge in [0.2, 0.25) is 10.0 Å². The standard InChI is InChI=1S/C26H22N4O4S/c31-25-12-11-24(28-29-25)19-7-3-9-22(15-19)27-26(32)20-8-4-10-23(16-20)35(33,34)30-14-13-18-5-1-2-6-21(18)17-30/h1-12,15-16H,13-14,17H2,(H,27,32)(H,29,31). The van der Waals surface area contributed by atoms with E-state index in [2.05, 4.69) is 15.5 Å². The molecule has 1 aromatic heterocycles. The number of hydrogen-bond acceptors (Lipinski definition) is 5. The second-order valence-corrected chi connectivity index (χ2v) is 10.2. The summed E-state index contributed by atoms with van der Waals surface area (Å²) in [6, 6.07) is 23.9. The quantitative estimate of drug-likeness (QED) is 0.449. The summed E-state index contributed by atoms with van der Waals surface area (Å²) < 4.78 is 28.1. The molecule has 9 heteroatoms. The smallest absolute Gasteiger partial charge is 0.264 e. The van der Waals surface area contributed by atoms with Gasteiger partial charge in [0.15, 0.2) is 0 Å². The third kappa shape index (κ3) is 4.77. The first kappa shape index (κ1) is 22.7. The number of carbonyl (C=O) groups is 1. The van der Waals surface area contributed by atoms with Crippen LogP contribution in [0.1, 0.15) is 21.5 Å². The summed E-state index contributed by atoms with van der Waals surface area (Å²) in [6.45, 7) is 0.696. The molecular weight excluding hydrogens is 464 g/mol. The van der Waals surface area contributed by atoms with Crippen molar-refractivity contribution < 1.29 is 13.2 Å². The number of anilines is 1. The number of nitrogens with one attached hydrogen (secondary N) is 2. The Balaban J connectivity index is 1.35. The molecule has 2 heterocycles. The van der Waals surface area contributed by atoms with E-state index >= 15 is 0 Å². The first-order valence-corrected chi connectivity index (χ1v) is 12.5. The molecule has 1 amide bonds. The predicted octanol–water partition coefficient (Wildman–Crippen LogP) is 3.44. The van der Waals surface area contributed by atoms with E-state index in [0.717, 1.165) is 11.1 Å². The van der Waals surface area contributed by atoms with Crippen LogP contribution in [0.4, 0.5) is 5.69 Å². The van der Waals surface area contributed by atoms with Gasteiger partial charge >= 0.3 is 0 Å². The number of amides is 1. The highest BCUT2D eigenvalue weighted by Gasteiger charge is 2.28. The number of hydrogen-bond donors (Lipinski definition) is 2. The highest BCUT2D eigenvalue weighted by Crippen LogP contribution is 2.26. The summed E-state index contributed by atoms with van der Waals surface area (Å²) in [5, 5.41) is 9.19. The molecule has 0 spiro atoms. The van der Waals surface area contributed by atoms with Gasteiger partial charge < -0.3 is 5.32 Å². The molecule has 8 nitrogen and oxygen atoms in total. The molecule has 4 aromatic rings. The average Bonchev–Trinajstić information content (AvgIpc) is 2.89. The summed E-state index contributed by atoms with van der Waals surface area (Å²) >= 11 is 0. The van der Waals surface area contributed by atoms with E-state index < -0.39 is 15.9 Å². The summed E-state index contributed by atoms with van der Waals surface area (Å²) in [5.74, 6) is -0.433. The summed E-state index contributed by atoms with van der Waals surface area (Å²) in [6.07, 6.45) is 0.649. The summed E-state index contributed by atoms with van der Waals surface area (Å²) in [7, 11) is -3.76. The minimum atomic E-state index is -3.76. The molecule has 1 aliphatic rings. The topological polar surface area (TPSA) is 112 Å². The number of carbonyl (C=O) groups excluding carboxylic acids is 1. The first-order valence-electron chi connectivity index (χ1n) is 11.0. The number of fused-ring (bicyclic) bond motifs is 1. The second kappa shape index (κ2) is 9.28. The van der Waals surface area contributed by atoms with Crippen LogP contribution in [0.3, 0.4) is 0 Å². The van der Waals surface area contributed by atoms with Crippen LogP contribution in [0.25, 0.3) is 11.3 Å². The normalized spacial score (nSPS) is 13.7. The van der Waals surface area contributed by atoms with Crippen molar-refractivity contribution >= 4 is 21.6 Å². The Hall–Kier alpha value is -4.08. The molecule has 0 radical (unpaired) electrons. The highest BCUT2D eigenvalue weighted by atomic mass is 32.2. The Bertz CT molecular complexity index is 1560. The number of benzene rings is 3. The van der Waals surface area contributed by atoms with Crippen molar-refractivity contribution in [3.63, 3.8) is 0 Å². The lowest BCUT2D eigenvalue weighted by Gasteiger charge is -2.28. The lowest BCUT2D eigenvalue weighted by atomic mass is 10.0. The molecule has 1 aliphatic heterocycles. The van der Waals surface area contributed by atoms with Crippen LogP contribution < -0.4 is 10.9 Å². The third-order valence-corrected chi connectivity index (χ3v) is 7.77. The molecular formula is C26H22N4O4S. The number of sulfonamides is 1. The van der Waals surface area contributed by atoms with Crippen molar-refractivity contribution in [2.75, 3.05) is 11.9 Å². The molecule has 0 fully saturated rings. The SMILES string of the molecule is O=C(Nc1cccc(-c2ccc(=O)[nH]n2)c1)c1cccc(S(=O)(=O)N2CCc3ccccc3C2)c1. The van der Waals surface area contributed by atoms with E-state index in [4.69, 9.17) is 0 Å². The molecule has 5 rings (SSSR count). The summed E-state index contributed by atoms with van der Waals surface area (Å²) in [5.41, 5.74) is 3.86. The minimum Gasteiger partial charge on any atom is -0.322 e. The van der Waals surface area contributed by atoms with Crippen LogP contribution >= 0.6 is 0 Å². The van der Waals surface area contributed by atoms with Crippen molar-refractivity contribution in [2.24, 2.45) is 0 Å². The monoisotopic (exact) mass is 486 g/mol. The lowest BCUT2D eigenvalue weighted by molar-refractivity contribution is 0.102. The van der Waals surface area contributed by atoms with Gasteiger partial charge in [-0.05, 0) is 53.9 Å². The van der Waals surface area contributed by atoms with Crippen molar-refractivity contribution in [1.29, 1.82) is 0 Å².